The van der Waals surface area contributed by atoms with Gasteiger partial charge in [-0.15, -0.1) is 5.06 Å². The van der Waals surface area contributed by atoms with E-state index in [-0.39, 0.29) is 5.41 Å². The molecule has 7 nitrogen and oxygen atoms in total. The molecule has 4 rings (SSSR count). The maximum Gasteiger partial charge on any atom is 0.430 e. The van der Waals surface area contributed by atoms with Gasteiger partial charge in [-0.25, -0.2) is 4.79 Å². The number of likely N-dealkylation sites (tertiary alicyclic amines) is 1. The number of hydrogen-bond acceptors (Lipinski definition) is 6. The molecule has 0 radical (unpaired) electrons. The number of likely N-dealkylation sites (N-methyl/N-ethyl adjacent to an activating group) is 2. The fourth-order valence-corrected chi connectivity index (χ4v) is 4.55. The summed E-state index contributed by atoms with van der Waals surface area (Å²) in [6, 6.07) is 6.14. The lowest BCUT2D eigenvalue weighted by atomic mass is 9.81. The van der Waals surface area contributed by atoms with E-state index in [1.165, 1.54) is 11.3 Å². The summed E-state index contributed by atoms with van der Waals surface area (Å²) in [5, 5.41) is 4.51. The Labute approximate surface area is 148 Å². The summed E-state index contributed by atoms with van der Waals surface area (Å²) in [5.41, 5.74) is 3.41. The van der Waals surface area contributed by atoms with E-state index in [2.05, 4.69) is 48.3 Å². The maximum absolute atomic E-state index is 12.2. The van der Waals surface area contributed by atoms with Gasteiger partial charge in [-0.05, 0) is 37.2 Å². The van der Waals surface area contributed by atoms with Crippen molar-refractivity contribution in [3.05, 3.63) is 23.8 Å². The maximum atomic E-state index is 12.2. The van der Waals surface area contributed by atoms with E-state index in [1.807, 2.05) is 6.07 Å². The minimum atomic E-state index is -0.446. The summed E-state index contributed by atoms with van der Waals surface area (Å²) in [7, 11) is 4.33. The molecule has 2 saturated heterocycles. The van der Waals surface area contributed by atoms with Gasteiger partial charge in [0.25, 0.3) is 0 Å². The summed E-state index contributed by atoms with van der Waals surface area (Å²) in [6.07, 6.45) is 1.05. The lowest BCUT2D eigenvalue weighted by molar-refractivity contribution is -0.142. The molecule has 1 N–H and O–H groups in total. The summed E-state index contributed by atoms with van der Waals surface area (Å²) in [5.74, 6) is 0. The van der Waals surface area contributed by atoms with Crippen molar-refractivity contribution in [3.8, 4) is 0 Å². The van der Waals surface area contributed by atoms with Gasteiger partial charge < -0.3 is 14.5 Å². The van der Waals surface area contributed by atoms with E-state index < -0.39 is 6.09 Å². The Bertz CT molecular complexity index is 676. The fourth-order valence-electron chi connectivity index (χ4n) is 4.55. The Morgan fingerprint density at radius 3 is 2.80 bits per heavy atom. The zero-order chi connectivity index (χ0) is 17.6. The van der Waals surface area contributed by atoms with Crippen LogP contribution in [0.15, 0.2) is 18.2 Å². The number of morpholine rings is 1. The van der Waals surface area contributed by atoms with Crippen LogP contribution in [0.4, 0.5) is 16.2 Å². The Kier molecular flexibility index (Phi) is 4.10. The van der Waals surface area contributed by atoms with Gasteiger partial charge in [0.2, 0.25) is 0 Å². The minimum Gasteiger partial charge on any atom is -0.379 e. The number of nitrogens with one attached hydrogen (secondary N) is 1. The van der Waals surface area contributed by atoms with E-state index >= 15 is 0 Å². The molecule has 0 spiro atoms. The van der Waals surface area contributed by atoms with Gasteiger partial charge in [-0.2, -0.15) is 0 Å². The second kappa shape index (κ2) is 6.16. The molecule has 0 saturated carbocycles. The predicted molar refractivity (Wildman–Crippen MR) is 95.7 cm³/mol. The number of anilines is 2. The molecular formula is C18H26N4O3. The van der Waals surface area contributed by atoms with Crippen LogP contribution in [-0.2, 0) is 15.0 Å². The summed E-state index contributed by atoms with van der Waals surface area (Å²) in [6.45, 7) is 5.79. The first kappa shape index (κ1) is 16.6. The molecule has 3 heterocycles. The number of ether oxygens (including phenoxy) is 1. The number of carbonyl (C=O) groups excluding carboxylic acids is 1. The molecule has 3 aliphatic heterocycles. The quantitative estimate of drug-likeness (QED) is 0.882. The normalized spacial score (nSPS) is 29.4. The highest BCUT2D eigenvalue weighted by Gasteiger charge is 2.52. The highest BCUT2D eigenvalue weighted by atomic mass is 16.7. The van der Waals surface area contributed by atoms with Gasteiger partial charge in [0.05, 0.1) is 32.5 Å². The SMILES string of the molecule is CN1CC[C@@]2(C)c3cc(NC(=O)ON4CCOCC4)ccc3N(C)C12. The third-order valence-corrected chi connectivity index (χ3v) is 5.76. The van der Waals surface area contributed by atoms with E-state index in [4.69, 9.17) is 9.57 Å². The van der Waals surface area contributed by atoms with Crippen LogP contribution in [0.3, 0.4) is 0 Å². The summed E-state index contributed by atoms with van der Waals surface area (Å²) >= 11 is 0. The minimum absolute atomic E-state index is 0.0879. The van der Waals surface area contributed by atoms with E-state index in [0.717, 1.165) is 18.7 Å². The molecule has 0 bridgehead atoms. The van der Waals surface area contributed by atoms with Crippen molar-refractivity contribution >= 4 is 17.5 Å². The van der Waals surface area contributed by atoms with Crippen LogP contribution < -0.4 is 10.2 Å². The molecule has 2 atom stereocenters. The molecule has 1 aromatic rings. The Morgan fingerprint density at radius 2 is 2.04 bits per heavy atom. The molecule has 3 aliphatic rings. The van der Waals surface area contributed by atoms with Gasteiger partial charge >= 0.3 is 6.09 Å². The number of amides is 1. The van der Waals surface area contributed by atoms with Gasteiger partial charge in [0, 0.05) is 30.4 Å². The van der Waals surface area contributed by atoms with Crippen molar-refractivity contribution in [2.24, 2.45) is 0 Å². The van der Waals surface area contributed by atoms with Crippen LogP contribution in [0.2, 0.25) is 0 Å². The van der Waals surface area contributed by atoms with Crippen molar-refractivity contribution in [3.63, 3.8) is 0 Å². The van der Waals surface area contributed by atoms with Crippen LogP contribution in [0.1, 0.15) is 18.9 Å². The van der Waals surface area contributed by atoms with Gasteiger partial charge in [-0.3, -0.25) is 10.2 Å². The monoisotopic (exact) mass is 346 g/mol. The average Bonchev–Trinajstić information content (AvgIpc) is 3.01. The standard InChI is InChI=1S/C18H26N4O3/c1-18-6-7-20(2)16(18)21(3)15-5-4-13(12-14(15)18)19-17(23)25-22-8-10-24-11-9-22/h4-5,12,16H,6-11H2,1-3H3,(H,19,23)/t16?,18-/m0/s1. The number of hydroxylamine groups is 2. The first-order valence-corrected chi connectivity index (χ1v) is 8.88. The van der Waals surface area contributed by atoms with E-state index in [9.17, 15) is 4.79 Å². The van der Waals surface area contributed by atoms with Crippen LogP contribution in [0.5, 0.6) is 0 Å². The summed E-state index contributed by atoms with van der Waals surface area (Å²) < 4.78 is 5.26. The van der Waals surface area contributed by atoms with Crippen molar-refractivity contribution in [1.82, 2.24) is 9.96 Å². The molecular weight excluding hydrogens is 320 g/mol. The van der Waals surface area contributed by atoms with Crippen molar-refractivity contribution in [2.45, 2.75) is 24.9 Å². The number of rotatable bonds is 2. The number of benzene rings is 1. The highest BCUT2D eigenvalue weighted by Crippen LogP contribution is 2.51. The van der Waals surface area contributed by atoms with Crippen LogP contribution >= 0.6 is 0 Å². The van der Waals surface area contributed by atoms with Gasteiger partial charge in [0.15, 0.2) is 0 Å². The molecule has 0 aliphatic carbocycles. The predicted octanol–water partition coefficient (Wildman–Crippen LogP) is 1.85. The molecule has 0 aromatic heterocycles. The highest BCUT2D eigenvalue weighted by molar-refractivity contribution is 5.85. The van der Waals surface area contributed by atoms with Crippen molar-refractivity contribution in [2.75, 3.05) is 57.2 Å². The van der Waals surface area contributed by atoms with E-state index in [1.54, 1.807) is 5.06 Å². The Balaban J connectivity index is 1.50. The average molecular weight is 346 g/mol. The van der Waals surface area contributed by atoms with Crippen LogP contribution in [-0.4, -0.2) is 69.2 Å². The largest absolute Gasteiger partial charge is 0.430 e. The molecule has 136 valence electrons. The first-order valence-electron chi connectivity index (χ1n) is 8.88. The lowest BCUT2D eigenvalue weighted by Gasteiger charge is -2.32. The van der Waals surface area contributed by atoms with E-state index in [0.29, 0.717) is 32.5 Å². The lowest BCUT2D eigenvalue weighted by Crippen LogP contribution is -2.45. The van der Waals surface area contributed by atoms with Gasteiger partial charge in [-0.1, -0.05) is 6.92 Å². The number of nitrogens with zero attached hydrogens (tertiary/aromatic N) is 3. The molecule has 7 heteroatoms. The number of carbonyl (C=O) groups is 1. The molecule has 1 aromatic carbocycles. The molecule has 25 heavy (non-hydrogen) atoms. The first-order chi connectivity index (χ1) is 12.0. The zero-order valence-electron chi connectivity index (χ0n) is 15.1. The number of hydrogen-bond donors (Lipinski definition) is 1. The number of fused-ring (bicyclic) bond motifs is 3. The fraction of sp³-hybridized carbons (Fsp3) is 0.611. The Hall–Kier alpha value is -1.83. The third-order valence-electron chi connectivity index (χ3n) is 5.76. The van der Waals surface area contributed by atoms with Crippen LogP contribution in [0, 0.1) is 0 Å². The second-order valence-corrected chi connectivity index (χ2v) is 7.41. The zero-order valence-corrected chi connectivity index (χ0v) is 15.1. The van der Waals surface area contributed by atoms with Crippen molar-refractivity contribution in [1.29, 1.82) is 0 Å². The molecule has 2 fully saturated rings. The summed E-state index contributed by atoms with van der Waals surface area (Å²) in [4.78, 5) is 22.3. The molecule has 1 amide bonds. The topological polar surface area (TPSA) is 57.3 Å². The Morgan fingerprint density at radius 1 is 1.28 bits per heavy atom. The van der Waals surface area contributed by atoms with Crippen molar-refractivity contribution < 1.29 is 14.4 Å². The smallest absolute Gasteiger partial charge is 0.379 e. The molecule has 1 unspecified atom stereocenters. The van der Waals surface area contributed by atoms with Crippen LogP contribution in [0.25, 0.3) is 0 Å². The van der Waals surface area contributed by atoms with Gasteiger partial charge in [0.1, 0.15) is 0 Å². The third kappa shape index (κ3) is 2.76. The second-order valence-electron chi connectivity index (χ2n) is 7.41.